The molecular weight excluding hydrogens is 493 g/mol. The molecule has 0 radical (unpaired) electrons. The average molecular weight is 513 g/mol. The predicted molar refractivity (Wildman–Crippen MR) is 128 cm³/mol. The largest absolute Gasteiger partial charge is 0.417 e. The standard InChI is InChI=1S/C20H20ClF3N8OS/c1-31(2)14-6-3-12(4-7-14)10-26-28-18-29-30-19(32(18)25)34-11-17(33)27-13-5-8-16(21)15(9-13)20(22,23)24/h3-10H,11,25H2,1-2H3,(H,27,33)(H,28,29)/b26-10+. The summed E-state index contributed by atoms with van der Waals surface area (Å²) in [7, 11) is 3.89. The fraction of sp³-hybridized carbons (Fsp3) is 0.200. The predicted octanol–water partition coefficient (Wildman–Crippen LogP) is 3.91. The number of nitrogen functional groups attached to an aromatic ring is 1. The third kappa shape index (κ3) is 6.54. The van der Waals surface area contributed by atoms with Crippen LogP contribution in [0.3, 0.4) is 0 Å². The molecule has 3 aromatic rings. The molecule has 14 heteroatoms. The Kier molecular flexibility index (Phi) is 7.89. The van der Waals surface area contributed by atoms with Crippen LogP contribution in [0.1, 0.15) is 11.1 Å². The second-order valence-electron chi connectivity index (χ2n) is 7.06. The Balaban J connectivity index is 1.54. The molecule has 180 valence electrons. The van der Waals surface area contributed by atoms with Gasteiger partial charge in [0.05, 0.1) is 22.6 Å². The van der Waals surface area contributed by atoms with E-state index in [1.807, 2.05) is 43.3 Å². The number of alkyl halides is 3. The Morgan fingerprint density at radius 3 is 2.59 bits per heavy atom. The number of hydrogen-bond donors (Lipinski definition) is 3. The van der Waals surface area contributed by atoms with E-state index in [1.165, 1.54) is 6.07 Å². The van der Waals surface area contributed by atoms with Crippen molar-refractivity contribution in [3.8, 4) is 0 Å². The first kappa shape index (κ1) is 25.2. The summed E-state index contributed by atoms with van der Waals surface area (Å²) < 4.78 is 40.0. The fourth-order valence-corrected chi connectivity index (χ4v) is 3.50. The van der Waals surface area contributed by atoms with E-state index in [1.54, 1.807) is 6.21 Å². The number of nitrogens with zero attached hydrogens (tertiary/aromatic N) is 5. The molecule has 0 saturated carbocycles. The van der Waals surface area contributed by atoms with Crippen molar-refractivity contribution in [2.45, 2.75) is 11.3 Å². The molecule has 0 saturated heterocycles. The molecule has 0 unspecified atom stereocenters. The summed E-state index contributed by atoms with van der Waals surface area (Å²) in [5.74, 6) is 5.33. The molecule has 3 rings (SSSR count). The smallest absolute Gasteiger partial charge is 0.378 e. The normalized spacial score (nSPS) is 11.6. The van der Waals surface area contributed by atoms with Gasteiger partial charge in [-0.15, -0.1) is 10.2 Å². The molecule has 0 bridgehead atoms. The highest BCUT2D eigenvalue weighted by Crippen LogP contribution is 2.36. The lowest BCUT2D eigenvalue weighted by Crippen LogP contribution is -2.17. The molecule has 34 heavy (non-hydrogen) atoms. The van der Waals surface area contributed by atoms with Crippen molar-refractivity contribution in [2.75, 3.05) is 41.3 Å². The van der Waals surface area contributed by atoms with Gasteiger partial charge >= 0.3 is 6.18 Å². The summed E-state index contributed by atoms with van der Waals surface area (Å²) in [4.78, 5) is 14.1. The number of hydrogen-bond acceptors (Lipinski definition) is 8. The number of halogens is 4. The van der Waals surface area contributed by atoms with Gasteiger partial charge in [-0.2, -0.15) is 18.3 Å². The SMILES string of the molecule is CN(C)c1ccc(/C=N/Nc2nnc(SCC(=O)Nc3ccc(Cl)c(C(F)(F)F)c3)n2N)cc1. The molecule has 4 N–H and O–H groups in total. The van der Waals surface area contributed by atoms with Crippen LogP contribution in [0.5, 0.6) is 0 Å². The van der Waals surface area contributed by atoms with Crippen molar-refractivity contribution < 1.29 is 18.0 Å². The van der Waals surface area contributed by atoms with E-state index in [-0.39, 0.29) is 22.5 Å². The summed E-state index contributed by atoms with van der Waals surface area (Å²) in [6.07, 6.45) is -3.06. The first-order chi connectivity index (χ1) is 16.0. The Morgan fingerprint density at radius 2 is 1.94 bits per heavy atom. The molecule has 1 amide bonds. The first-order valence-electron chi connectivity index (χ1n) is 9.61. The van der Waals surface area contributed by atoms with Gasteiger partial charge in [0.25, 0.3) is 5.95 Å². The van der Waals surface area contributed by atoms with Crippen LogP contribution in [0.15, 0.2) is 52.7 Å². The van der Waals surface area contributed by atoms with Gasteiger partial charge in [-0.25, -0.2) is 10.1 Å². The minimum Gasteiger partial charge on any atom is -0.378 e. The van der Waals surface area contributed by atoms with E-state index in [4.69, 9.17) is 17.4 Å². The number of benzene rings is 2. The molecule has 1 heterocycles. The van der Waals surface area contributed by atoms with Crippen molar-refractivity contribution in [2.24, 2.45) is 5.10 Å². The second kappa shape index (κ2) is 10.7. The molecule has 0 atom stereocenters. The Bertz CT molecular complexity index is 1180. The van der Waals surface area contributed by atoms with E-state index in [2.05, 4.69) is 26.0 Å². The van der Waals surface area contributed by atoms with Gasteiger partial charge in [0.15, 0.2) is 0 Å². The number of amides is 1. The quantitative estimate of drug-likeness (QED) is 0.181. The second-order valence-corrected chi connectivity index (χ2v) is 8.41. The Labute approximate surface area is 202 Å². The molecule has 0 aliphatic carbocycles. The van der Waals surface area contributed by atoms with Crippen LogP contribution in [0.25, 0.3) is 0 Å². The number of rotatable bonds is 8. The number of aromatic nitrogens is 3. The Hall–Kier alpha value is -3.45. The number of nitrogens with two attached hydrogens (primary N) is 1. The van der Waals surface area contributed by atoms with Crippen molar-refractivity contribution in [1.29, 1.82) is 0 Å². The monoisotopic (exact) mass is 512 g/mol. The number of carbonyl (C=O) groups excluding carboxylic acids is 1. The van der Waals surface area contributed by atoms with Crippen molar-refractivity contribution in [3.63, 3.8) is 0 Å². The van der Waals surface area contributed by atoms with Gasteiger partial charge in [-0.3, -0.25) is 4.79 Å². The van der Waals surface area contributed by atoms with Crippen molar-refractivity contribution >= 4 is 52.8 Å². The van der Waals surface area contributed by atoms with Crippen LogP contribution in [0.2, 0.25) is 5.02 Å². The van der Waals surface area contributed by atoms with Crippen LogP contribution in [-0.2, 0) is 11.0 Å². The van der Waals surface area contributed by atoms with Crippen LogP contribution >= 0.6 is 23.4 Å². The van der Waals surface area contributed by atoms with Gasteiger partial charge in [0.2, 0.25) is 11.1 Å². The van der Waals surface area contributed by atoms with E-state index >= 15 is 0 Å². The highest BCUT2D eigenvalue weighted by molar-refractivity contribution is 7.99. The van der Waals surface area contributed by atoms with E-state index in [9.17, 15) is 18.0 Å². The molecular formula is C20H20ClF3N8OS. The lowest BCUT2D eigenvalue weighted by Gasteiger charge is -2.11. The van der Waals surface area contributed by atoms with Gasteiger partial charge in [-0.05, 0) is 35.9 Å². The maximum absolute atomic E-state index is 13.0. The van der Waals surface area contributed by atoms with Crippen LogP contribution in [0.4, 0.5) is 30.5 Å². The fourth-order valence-electron chi connectivity index (χ4n) is 2.62. The topological polar surface area (TPSA) is 113 Å². The van der Waals surface area contributed by atoms with Gasteiger partial charge in [-0.1, -0.05) is 35.5 Å². The third-order valence-corrected chi connectivity index (χ3v) is 5.61. The van der Waals surface area contributed by atoms with E-state index < -0.39 is 22.7 Å². The number of carbonyl (C=O) groups is 1. The summed E-state index contributed by atoms with van der Waals surface area (Å²) in [5.41, 5.74) is 3.49. The summed E-state index contributed by atoms with van der Waals surface area (Å²) in [5, 5.41) is 13.9. The molecule has 2 aromatic carbocycles. The minimum atomic E-state index is -4.63. The zero-order valence-corrected chi connectivity index (χ0v) is 19.5. The minimum absolute atomic E-state index is 0.0353. The summed E-state index contributed by atoms with van der Waals surface area (Å²) in [6.45, 7) is 0. The number of thioether (sulfide) groups is 1. The highest BCUT2D eigenvalue weighted by atomic mass is 35.5. The summed E-state index contributed by atoms with van der Waals surface area (Å²) >= 11 is 6.53. The van der Waals surface area contributed by atoms with E-state index in [0.717, 1.165) is 39.8 Å². The van der Waals surface area contributed by atoms with Crippen LogP contribution < -0.4 is 21.5 Å². The maximum atomic E-state index is 13.0. The molecule has 0 aliphatic heterocycles. The lowest BCUT2D eigenvalue weighted by atomic mass is 10.2. The van der Waals surface area contributed by atoms with E-state index in [0.29, 0.717) is 0 Å². The molecule has 9 nitrogen and oxygen atoms in total. The molecule has 0 fully saturated rings. The zero-order chi connectivity index (χ0) is 24.9. The van der Waals surface area contributed by atoms with Gasteiger partial charge in [0, 0.05) is 25.5 Å². The lowest BCUT2D eigenvalue weighted by molar-refractivity contribution is -0.137. The van der Waals surface area contributed by atoms with Gasteiger partial charge < -0.3 is 16.1 Å². The number of anilines is 3. The third-order valence-electron chi connectivity index (χ3n) is 4.34. The Morgan fingerprint density at radius 1 is 1.24 bits per heavy atom. The number of hydrazone groups is 1. The zero-order valence-electron chi connectivity index (χ0n) is 18.0. The number of nitrogens with one attached hydrogen (secondary N) is 2. The molecule has 1 aromatic heterocycles. The maximum Gasteiger partial charge on any atom is 0.417 e. The van der Waals surface area contributed by atoms with Crippen molar-refractivity contribution in [3.05, 3.63) is 58.6 Å². The van der Waals surface area contributed by atoms with Crippen LogP contribution in [0, 0.1) is 0 Å². The first-order valence-corrected chi connectivity index (χ1v) is 11.0. The average Bonchev–Trinajstić information content (AvgIpc) is 3.12. The molecule has 0 spiro atoms. The highest BCUT2D eigenvalue weighted by Gasteiger charge is 2.33. The summed E-state index contributed by atoms with van der Waals surface area (Å²) in [6, 6.07) is 10.8. The van der Waals surface area contributed by atoms with Crippen LogP contribution in [-0.4, -0.2) is 46.8 Å². The molecule has 0 aliphatic rings. The van der Waals surface area contributed by atoms with Crippen molar-refractivity contribution in [1.82, 2.24) is 14.9 Å². The van der Waals surface area contributed by atoms with Gasteiger partial charge in [0.1, 0.15) is 0 Å².